The van der Waals surface area contributed by atoms with Crippen molar-refractivity contribution in [1.82, 2.24) is 15.2 Å². The normalized spacial score (nSPS) is 15.7. The third-order valence-corrected chi connectivity index (χ3v) is 5.88. The van der Waals surface area contributed by atoms with Crippen LogP contribution in [0.15, 0.2) is 46.2 Å². The number of anilines is 2. The van der Waals surface area contributed by atoms with E-state index in [1.807, 2.05) is 33.8 Å². The Bertz CT molecular complexity index is 1270. The first kappa shape index (κ1) is 29.7. The van der Waals surface area contributed by atoms with Gasteiger partial charge in [0.2, 0.25) is 0 Å². The minimum atomic E-state index is -1.01. The minimum Gasteiger partial charge on any atom is -0.458 e. The molecule has 3 heterocycles. The molecule has 10 nitrogen and oxygen atoms in total. The molecule has 200 valence electrons. The second-order valence-corrected chi connectivity index (χ2v) is 10.6. The number of hydrogen-bond donors (Lipinski definition) is 3. The molecule has 4 rings (SSSR count). The van der Waals surface area contributed by atoms with E-state index in [0.29, 0.717) is 29.7 Å². The van der Waals surface area contributed by atoms with Crippen LogP contribution in [0.4, 0.5) is 11.5 Å². The van der Waals surface area contributed by atoms with E-state index < -0.39 is 16.4 Å². The van der Waals surface area contributed by atoms with E-state index in [4.69, 9.17) is 14.7 Å². The summed E-state index contributed by atoms with van der Waals surface area (Å²) in [5, 5.41) is 18.1. The summed E-state index contributed by atoms with van der Waals surface area (Å²) < 4.78 is 21.8. The summed E-state index contributed by atoms with van der Waals surface area (Å²) in [5.74, 6) is 0.249. The number of ether oxygens (including phenoxy) is 2. The Morgan fingerprint density at radius 2 is 1.95 bits per heavy atom. The lowest BCUT2D eigenvalue weighted by molar-refractivity contribution is -0.171. The molecule has 1 fully saturated rings. The minimum absolute atomic E-state index is 0.204. The van der Waals surface area contributed by atoms with Crippen molar-refractivity contribution in [2.45, 2.75) is 70.0 Å². The molecular weight excluding hydrogens is 494 g/mol. The molecular formula is C26H35N5O5S. The van der Waals surface area contributed by atoms with Gasteiger partial charge in [0.25, 0.3) is 5.56 Å². The fourth-order valence-electron chi connectivity index (χ4n) is 3.23. The predicted octanol–water partition coefficient (Wildman–Crippen LogP) is 4.55. The van der Waals surface area contributed by atoms with Crippen LogP contribution in [0.3, 0.4) is 0 Å². The van der Waals surface area contributed by atoms with E-state index in [2.05, 4.69) is 20.5 Å². The Hall–Kier alpha value is -3.49. The van der Waals surface area contributed by atoms with Crippen LogP contribution in [0, 0.1) is 11.3 Å². The SMILES string of the molecule is CC(C)(C)OC(=O)[C@@H]1CCCCO1.CCC#N.CS(=O)c1ccc(Nc2n[nH]c3cc[nH]c(=O)c23)cc1. The highest BCUT2D eigenvalue weighted by molar-refractivity contribution is 7.84. The lowest BCUT2D eigenvalue weighted by Gasteiger charge is -2.26. The summed E-state index contributed by atoms with van der Waals surface area (Å²) in [6.45, 7) is 8.11. The summed E-state index contributed by atoms with van der Waals surface area (Å²) in [4.78, 5) is 26.6. The topological polar surface area (TPSA) is 150 Å². The number of hydrogen-bond acceptors (Lipinski definition) is 8. The fourth-order valence-corrected chi connectivity index (χ4v) is 3.75. The average Bonchev–Trinajstić information content (AvgIpc) is 3.28. The van der Waals surface area contributed by atoms with Crippen LogP contribution in [-0.4, -0.2) is 49.9 Å². The molecule has 0 radical (unpaired) electrons. The van der Waals surface area contributed by atoms with Crippen LogP contribution >= 0.6 is 0 Å². The number of H-pyrrole nitrogens is 2. The van der Waals surface area contributed by atoms with E-state index in [1.165, 1.54) is 0 Å². The van der Waals surface area contributed by atoms with Gasteiger partial charge in [-0.1, -0.05) is 6.92 Å². The number of aromatic nitrogens is 3. The maximum Gasteiger partial charge on any atom is 0.335 e. The van der Waals surface area contributed by atoms with E-state index in [-0.39, 0.29) is 17.6 Å². The molecule has 11 heteroatoms. The van der Waals surface area contributed by atoms with E-state index in [0.717, 1.165) is 29.8 Å². The number of benzene rings is 1. The highest BCUT2D eigenvalue weighted by Gasteiger charge is 2.27. The van der Waals surface area contributed by atoms with Crippen molar-refractivity contribution in [3.63, 3.8) is 0 Å². The summed E-state index contributed by atoms with van der Waals surface area (Å²) in [7, 11) is -1.01. The number of nitriles is 1. The molecule has 0 aliphatic carbocycles. The van der Waals surface area contributed by atoms with Crippen molar-refractivity contribution < 1.29 is 18.5 Å². The Morgan fingerprint density at radius 3 is 2.49 bits per heavy atom. The fraction of sp³-hybridized carbons (Fsp3) is 0.462. The molecule has 1 saturated heterocycles. The molecule has 2 aromatic heterocycles. The molecule has 37 heavy (non-hydrogen) atoms. The quantitative estimate of drug-likeness (QED) is 0.417. The maximum absolute atomic E-state index is 11.8. The van der Waals surface area contributed by atoms with Crippen LogP contribution in [0.25, 0.3) is 10.9 Å². The number of nitrogens with one attached hydrogen (secondary N) is 3. The second kappa shape index (κ2) is 14.3. The summed E-state index contributed by atoms with van der Waals surface area (Å²) in [6, 6.07) is 10.8. The first-order valence-electron chi connectivity index (χ1n) is 12.0. The van der Waals surface area contributed by atoms with Crippen LogP contribution in [0.5, 0.6) is 0 Å². The number of carbonyl (C=O) groups is 1. The highest BCUT2D eigenvalue weighted by Crippen LogP contribution is 2.21. The van der Waals surface area contributed by atoms with Gasteiger partial charge in [0.1, 0.15) is 11.0 Å². The Balaban J connectivity index is 0.000000244. The van der Waals surface area contributed by atoms with Crippen LogP contribution in [0.1, 0.15) is 53.4 Å². The van der Waals surface area contributed by atoms with Gasteiger partial charge < -0.3 is 19.8 Å². The zero-order chi connectivity index (χ0) is 27.4. The number of rotatable bonds is 4. The monoisotopic (exact) mass is 529 g/mol. The number of fused-ring (bicyclic) bond motifs is 1. The lowest BCUT2D eigenvalue weighted by atomic mass is 10.1. The molecule has 3 aromatic rings. The average molecular weight is 530 g/mol. The molecule has 1 aromatic carbocycles. The van der Waals surface area contributed by atoms with Crippen LogP contribution in [0.2, 0.25) is 0 Å². The lowest BCUT2D eigenvalue weighted by Crippen LogP contribution is -2.35. The van der Waals surface area contributed by atoms with E-state index in [9.17, 15) is 13.8 Å². The third kappa shape index (κ3) is 9.82. The van der Waals surface area contributed by atoms with Gasteiger partial charge in [0.05, 0.1) is 11.6 Å². The predicted molar refractivity (Wildman–Crippen MR) is 144 cm³/mol. The van der Waals surface area contributed by atoms with Crippen molar-refractivity contribution in [2.75, 3.05) is 18.2 Å². The van der Waals surface area contributed by atoms with Gasteiger partial charge in [-0.05, 0) is 70.4 Å². The standard InChI is InChI=1S/C13H12N4O2S.C10H18O3.C3H5N/c1-20(19)9-4-2-8(3-5-9)15-12-11-10(16-17-12)6-7-14-13(11)18;1-10(2,3)13-9(11)8-6-4-5-7-12-8;1-2-3-4/h2-7H,1H3,(H,14,18)(H2,15,16,17);8H,4-7H2,1-3H3;2H2,1H3/t;8-;/m.0./s1. The number of esters is 1. The number of pyridine rings is 1. The summed E-state index contributed by atoms with van der Waals surface area (Å²) in [6.07, 6.45) is 6.41. The molecule has 1 aliphatic heterocycles. The van der Waals surface area contributed by atoms with Crippen molar-refractivity contribution in [2.24, 2.45) is 0 Å². The highest BCUT2D eigenvalue weighted by atomic mass is 32.2. The Morgan fingerprint density at radius 1 is 1.27 bits per heavy atom. The van der Waals surface area contributed by atoms with E-state index in [1.54, 1.807) is 42.8 Å². The third-order valence-electron chi connectivity index (χ3n) is 4.94. The molecule has 1 aliphatic rings. The molecule has 2 atom stereocenters. The summed E-state index contributed by atoms with van der Waals surface area (Å²) in [5.41, 5.74) is 0.834. The van der Waals surface area contributed by atoms with Gasteiger partial charge in [-0.2, -0.15) is 10.4 Å². The molecule has 0 amide bonds. The largest absolute Gasteiger partial charge is 0.458 e. The van der Waals surface area contributed by atoms with Crippen molar-refractivity contribution >= 4 is 39.2 Å². The van der Waals surface area contributed by atoms with Gasteiger partial charge in [-0.15, -0.1) is 0 Å². The van der Waals surface area contributed by atoms with Gasteiger partial charge in [0, 0.05) is 46.9 Å². The van der Waals surface area contributed by atoms with E-state index >= 15 is 0 Å². The molecule has 0 spiro atoms. The summed E-state index contributed by atoms with van der Waals surface area (Å²) >= 11 is 0. The number of carbonyl (C=O) groups excluding carboxylic acids is 1. The maximum atomic E-state index is 11.8. The Labute approximate surface area is 219 Å². The molecule has 0 saturated carbocycles. The van der Waals surface area contributed by atoms with Crippen molar-refractivity contribution in [3.8, 4) is 6.07 Å². The first-order chi connectivity index (χ1) is 17.6. The zero-order valence-corrected chi connectivity index (χ0v) is 22.7. The molecule has 0 bridgehead atoms. The smallest absolute Gasteiger partial charge is 0.335 e. The van der Waals surface area contributed by atoms with Gasteiger partial charge in [-0.3, -0.25) is 14.1 Å². The van der Waals surface area contributed by atoms with Crippen LogP contribution < -0.4 is 10.9 Å². The molecule has 1 unspecified atom stereocenters. The number of nitrogens with zero attached hydrogens (tertiary/aromatic N) is 2. The zero-order valence-electron chi connectivity index (χ0n) is 21.9. The van der Waals surface area contributed by atoms with Crippen molar-refractivity contribution in [1.29, 1.82) is 5.26 Å². The Kier molecular flexibility index (Phi) is 11.5. The van der Waals surface area contributed by atoms with Gasteiger partial charge in [0.15, 0.2) is 11.9 Å². The molecule has 3 N–H and O–H groups in total. The van der Waals surface area contributed by atoms with Gasteiger partial charge >= 0.3 is 5.97 Å². The first-order valence-corrected chi connectivity index (χ1v) is 13.6. The van der Waals surface area contributed by atoms with Gasteiger partial charge in [-0.25, -0.2) is 4.79 Å². The van der Waals surface area contributed by atoms with Crippen LogP contribution in [-0.2, 0) is 25.1 Å². The second-order valence-electron chi connectivity index (χ2n) is 9.17. The van der Waals surface area contributed by atoms with Crippen molar-refractivity contribution in [3.05, 3.63) is 46.9 Å². The number of aromatic amines is 2.